The molecule has 1 N–H and O–H groups in total. The van der Waals surface area contributed by atoms with Gasteiger partial charge < -0.3 is 5.32 Å². The lowest BCUT2D eigenvalue weighted by Gasteiger charge is -2.12. The Hall–Kier alpha value is -2.20. The number of benzene rings is 1. The smallest absolute Gasteiger partial charge is 0.138 e. The summed E-state index contributed by atoms with van der Waals surface area (Å²) in [6.07, 6.45) is 5.07. The van der Waals surface area contributed by atoms with Crippen LogP contribution in [0.15, 0.2) is 42.9 Å². The lowest BCUT2D eigenvalue weighted by molar-refractivity contribution is 0.904. The van der Waals surface area contributed by atoms with Crippen molar-refractivity contribution < 1.29 is 0 Å². The monoisotopic (exact) mass is 298 g/mol. The second-order valence-corrected chi connectivity index (χ2v) is 5.11. The highest BCUT2D eigenvalue weighted by atomic mass is 35.5. The van der Waals surface area contributed by atoms with Crippen molar-refractivity contribution in [3.05, 3.63) is 53.6 Å². The average Bonchev–Trinajstić information content (AvgIpc) is 2.51. The number of pyridine rings is 1. The maximum absolute atomic E-state index is 6.19. The Bertz CT molecular complexity index is 768. The Morgan fingerprint density at radius 3 is 2.81 bits per heavy atom. The average molecular weight is 299 g/mol. The zero-order valence-corrected chi connectivity index (χ0v) is 12.4. The van der Waals surface area contributed by atoms with Crippen LogP contribution < -0.4 is 5.32 Å². The number of aromatic nitrogens is 3. The third-order valence-electron chi connectivity index (χ3n) is 3.28. The number of hydrogen-bond donors (Lipinski definition) is 1. The van der Waals surface area contributed by atoms with Gasteiger partial charge in [0, 0.05) is 17.1 Å². The van der Waals surface area contributed by atoms with Crippen LogP contribution in [0.3, 0.4) is 0 Å². The fourth-order valence-corrected chi connectivity index (χ4v) is 2.53. The van der Waals surface area contributed by atoms with Crippen molar-refractivity contribution in [3.8, 4) is 0 Å². The molecule has 5 heteroatoms. The standard InChI is InChI=1S/C16H15ClN4/c1-2-5-12-15(17)19-10-20-16(12)21-13-8-3-6-11-7-4-9-18-14(11)13/h3-4,6-10H,2,5H2,1H3,(H,19,20,21). The highest BCUT2D eigenvalue weighted by molar-refractivity contribution is 6.30. The van der Waals surface area contributed by atoms with E-state index < -0.39 is 0 Å². The summed E-state index contributed by atoms with van der Waals surface area (Å²) in [5.41, 5.74) is 2.77. The van der Waals surface area contributed by atoms with Crippen molar-refractivity contribution in [1.29, 1.82) is 0 Å². The molecule has 106 valence electrons. The number of halogens is 1. The van der Waals surface area contributed by atoms with E-state index in [2.05, 4.69) is 27.2 Å². The van der Waals surface area contributed by atoms with Crippen LogP contribution in [0.25, 0.3) is 10.9 Å². The van der Waals surface area contributed by atoms with Gasteiger partial charge in [-0.3, -0.25) is 4.98 Å². The van der Waals surface area contributed by atoms with E-state index in [0.29, 0.717) is 5.15 Å². The molecule has 0 unspecified atom stereocenters. The molecule has 0 aliphatic carbocycles. The van der Waals surface area contributed by atoms with Crippen LogP contribution in [0.4, 0.5) is 11.5 Å². The van der Waals surface area contributed by atoms with E-state index >= 15 is 0 Å². The maximum atomic E-state index is 6.19. The van der Waals surface area contributed by atoms with Crippen molar-refractivity contribution in [2.75, 3.05) is 5.32 Å². The maximum Gasteiger partial charge on any atom is 0.138 e. The summed E-state index contributed by atoms with van der Waals surface area (Å²) in [5.74, 6) is 0.745. The molecule has 4 nitrogen and oxygen atoms in total. The van der Waals surface area contributed by atoms with Crippen LogP contribution in [-0.2, 0) is 6.42 Å². The minimum atomic E-state index is 0.502. The van der Waals surface area contributed by atoms with Gasteiger partial charge in [-0.25, -0.2) is 9.97 Å². The van der Waals surface area contributed by atoms with Gasteiger partial charge in [-0.1, -0.05) is 43.1 Å². The molecule has 3 rings (SSSR count). The van der Waals surface area contributed by atoms with Crippen LogP contribution in [0.1, 0.15) is 18.9 Å². The van der Waals surface area contributed by atoms with Crippen molar-refractivity contribution in [2.45, 2.75) is 19.8 Å². The van der Waals surface area contributed by atoms with Crippen LogP contribution in [0, 0.1) is 0 Å². The summed E-state index contributed by atoms with van der Waals surface area (Å²) in [4.78, 5) is 12.8. The Labute approximate surface area is 128 Å². The fourth-order valence-electron chi connectivity index (χ4n) is 2.30. The van der Waals surface area contributed by atoms with Gasteiger partial charge in [-0.05, 0) is 18.6 Å². The van der Waals surface area contributed by atoms with Crippen molar-refractivity contribution in [3.63, 3.8) is 0 Å². The Kier molecular flexibility index (Phi) is 3.97. The predicted octanol–water partition coefficient (Wildman–Crippen LogP) is 4.37. The summed E-state index contributed by atoms with van der Waals surface area (Å²) in [5, 5.41) is 4.93. The van der Waals surface area contributed by atoms with Gasteiger partial charge in [0.25, 0.3) is 0 Å². The zero-order chi connectivity index (χ0) is 14.7. The van der Waals surface area contributed by atoms with E-state index in [9.17, 15) is 0 Å². The van der Waals surface area contributed by atoms with Gasteiger partial charge in [0.1, 0.15) is 17.3 Å². The molecule has 0 aliphatic heterocycles. The summed E-state index contributed by atoms with van der Waals surface area (Å²) in [6.45, 7) is 2.10. The van der Waals surface area contributed by atoms with Gasteiger partial charge in [-0.2, -0.15) is 0 Å². The minimum absolute atomic E-state index is 0.502. The van der Waals surface area contributed by atoms with Gasteiger partial charge in [0.15, 0.2) is 0 Å². The lowest BCUT2D eigenvalue weighted by Crippen LogP contribution is -2.02. The number of nitrogens with zero attached hydrogens (tertiary/aromatic N) is 3. The third kappa shape index (κ3) is 2.81. The summed E-state index contributed by atoms with van der Waals surface area (Å²) in [7, 11) is 0. The largest absolute Gasteiger partial charge is 0.338 e. The molecule has 0 saturated heterocycles. The molecule has 0 bridgehead atoms. The molecule has 0 atom stereocenters. The molecule has 21 heavy (non-hydrogen) atoms. The molecule has 2 aromatic heterocycles. The highest BCUT2D eigenvalue weighted by Gasteiger charge is 2.10. The SMILES string of the molecule is CCCc1c(Cl)ncnc1Nc1cccc2cccnc12. The second kappa shape index (κ2) is 6.06. The number of fused-ring (bicyclic) bond motifs is 1. The quantitative estimate of drug-likeness (QED) is 0.726. The molecule has 0 amide bonds. The molecule has 0 aliphatic rings. The van der Waals surface area contributed by atoms with Crippen LogP contribution in [-0.4, -0.2) is 15.0 Å². The molecule has 0 saturated carbocycles. The van der Waals surface area contributed by atoms with Crippen LogP contribution in [0.5, 0.6) is 0 Å². The third-order valence-corrected chi connectivity index (χ3v) is 3.60. The van der Waals surface area contributed by atoms with E-state index in [1.54, 1.807) is 6.20 Å². The first-order valence-electron chi connectivity index (χ1n) is 6.89. The van der Waals surface area contributed by atoms with E-state index in [1.807, 2.05) is 30.3 Å². The number of rotatable bonds is 4. The minimum Gasteiger partial charge on any atom is -0.338 e. The van der Waals surface area contributed by atoms with Gasteiger partial charge in [-0.15, -0.1) is 0 Å². The molecule has 0 radical (unpaired) electrons. The Morgan fingerprint density at radius 2 is 1.95 bits per heavy atom. The zero-order valence-electron chi connectivity index (χ0n) is 11.7. The first-order valence-corrected chi connectivity index (χ1v) is 7.27. The molecule has 1 aromatic carbocycles. The van der Waals surface area contributed by atoms with Gasteiger partial charge >= 0.3 is 0 Å². The lowest BCUT2D eigenvalue weighted by atomic mass is 10.1. The molecular weight excluding hydrogens is 284 g/mol. The van der Waals surface area contributed by atoms with Crippen LogP contribution in [0.2, 0.25) is 5.15 Å². The van der Waals surface area contributed by atoms with E-state index in [0.717, 1.165) is 40.8 Å². The normalized spacial score (nSPS) is 10.8. The number of anilines is 2. The summed E-state index contributed by atoms with van der Waals surface area (Å²) in [6, 6.07) is 9.98. The summed E-state index contributed by atoms with van der Waals surface area (Å²) >= 11 is 6.19. The molecular formula is C16H15ClN4. The number of hydrogen-bond acceptors (Lipinski definition) is 4. The molecule has 2 heterocycles. The first-order chi connectivity index (χ1) is 10.3. The van der Waals surface area contributed by atoms with Gasteiger partial charge in [0.2, 0.25) is 0 Å². The topological polar surface area (TPSA) is 50.7 Å². The van der Waals surface area contributed by atoms with Crippen molar-refractivity contribution in [2.24, 2.45) is 0 Å². The predicted molar refractivity (Wildman–Crippen MR) is 86.1 cm³/mol. The first kappa shape index (κ1) is 13.8. The number of nitrogens with one attached hydrogen (secondary N) is 1. The molecule has 3 aromatic rings. The van der Waals surface area contributed by atoms with E-state index in [-0.39, 0.29) is 0 Å². The number of para-hydroxylation sites is 1. The van der Waals surface area contributed by atoms with Crippen molar-refractivity contribution in [1.82, 2.24) is 15.0 Å². The van der Waals surface area contributed by atoms with Crippen LogP contribution >= 0.6 is 11.6 Å². The second-order valence-electron chi connectivity index (χ2n) is 4.75. The Balaban J connectivity index is 2.05. The fraction of sp³-hybridized carbons (Fsp3) is 0.188. The molecule has 0 fully saturated rings. The van der Waals surface area contributed by atoms with E-state index in [1.165, 1.54) is 6.33 Å². The highest BCUT2D eigenvalue weighted by Crippen LogP contribution is 2.28. The summed E-state index contributed by atoms with van der Waals surface area (Å²) < 4.78 is 0. The van der Waals surface area contributed by atoms with Crippen molar-refractivity contribution >= 4 is 34.0 Å². The molecule has 0 spiro atoms. The Morgan fingerprint density at radius 1 is 1.10 bits per heavy atom. The van der Waals surface area contributed by atoms with E-state index in [4.69, 9.17) is 11.6 Å². The van der Waals surface area contributed by atoms with Gasteiger partial charge in [0.05, 0.1) is 11.2 Å².